The summed E-state index contributed by atoms with van der Waals surface area (Å²) in [6, 6.07) is 7.07. The molecule has 0 heterocycles. The normalized spacial score (nSPS) is 10.1. The van der Waals surface area contributed by atoms with Crippen molar-refractivity contribution in [1.82, 2.24) is 0 Å². The van der Waals surface area contributed by atoms with Crippen LogP contribution in [0.4, 0.5) is 0 Å². The summed E-state index contributed by atoms with van der Waals surface area (Å²) in [6.45, 7) is 0. The number of benzene rings is 1. The fourth-order valence-electron chi connectivity index (χ4n) is 0.913. The van der Waals surface area contributed by atoms with Crippen molar-refractivity contribution in [3.05, 3.63) is 40.8 Å². The van der Waals surface area contributed by atoms with Crippen LogP contribution in [-0.2, 0) is 4.79 Å². The second-order valence-corrected chi connectivity index (χ2v) is 2.54. The first-order valence-corrected chi connectivity index (χ1v) is 3.95. The molecule has 14 heavy (non-hydrogen) atoms. The molecule has 0 aliphatic carbocycles. The number of hydrogen-bond donors (Lipinski definition) is 0. The summed E-state index contributed by atoms with van der Waals surface area (Å²) >= 11 is 0. The van der Waals surface area contributed by atoms with Crippen LogP contribution in [0.25, 0.3) is 6.08 Å². The van der Waals surface area contributed by atoms with Crippen molar-refractivity contribution in [2.45, 2.75) is 0 Å². The smallest absolute Gasteiger partial charge is 0.309 e. The number of ether oxygens (including phenoxy) is 1. The number of nitroso groups, excluding NO2 is 1. The number of rotatable bonds is 3. The molecule has 1 rings (SSSR count). The lowest BCUT2D eigenvalue weighted by atomic mass is 10.2. The number of methoxy groups -OCH3 is 1. The third kappa shape index (κ3) is 2.82. The quantitative estimate of drug-likeness (QED) is 0.542. The fourth-order valence-corrected chi connectivity index (χ4v) is 0.913. The van der Waals surface area contributed by atoms with Crippen LogP contribution in [0, 0.1) is 4.91 Å². The van der Waals surface area contributed by atoms with Gasteiger partial charge in [0.1, 0.15) is 5.75 Å². The van der Waals surface area contributed by atoms with Gasteiger partial charge in [0.05, 0.1) is 7.11 Å². The minimum Gasteiger partial charge on any atom is -0.497 e. The van der Waals surface area contributed by atoms with Crippen molar-refractivity contribution in [1.29, 1.82) is 0 Å². The standard InChI is InChI=1S/C10H9NO3/c1-14-9-5-2-8(3-6-9)4-7-10(12)11-13/h2-7H,1H3/b7-4+. The van der Waals surface area contributed by atoms with Crippen LogP contribution in [0.15, 0.2) is 35.5 Å². The molecule has 1 amide bonds. The molecule has 0 aliphatic heterocycles. The second kappa shape index (κ2) is 4.91. The number of carbonyl (C=O) groups excluding carboxylic acids is 1. The molecular formula is C10H9NO3. The minimum atomic E-state index is -0.791. The van der Waals surface area contributed by atoms with Gasteiger partial charge < -0.3 is 4.74 Å². The van der Waals surface area contributed by atoms with Gasteiger partial charge in [-0.05, 0) is 23.8 Å². The largest absolute Gasteiger partial charge is 0.497 e. The Morgan fingerprint density at radius 1 is 1.36 bits per heavy atom. The molecule has 72 valence electrons. The van der Waals surface area contributed by atoms with Crippen molar-refractivity contribution in [3.8, 4) is 5.75 Å². The van der Waals surface area contributed by atoms with E-state index in [1.807, 2.05) is 0 Å². The summed E-state index contributed by atoms with van der Waals surface area (Å²) in [5, 5.41) is 2.24. The van der Waals surface area contributed by atoms with E-state index in [9.17, 15) is 9.70 Å². The van der Waals surface area contributed by atoms with Crippen LogP contribution in [0.3, 0.4) is 0 Å². The first-order valence-electron chi connectivity index (χ1n) is 3.95. The Bertz CT molecular complexity index is 354. The van der Waals surface area contributed by atoms with Gasteiger partial charge in [-0.25, -0.2) is 0 Å². The predicted octanol–water partition coefficient (Wildman–Crippen LogP) is 2.00. The lowest BCUT2D eigenvalue weighted by molar-refractivity contribution is -0.113. The maximum Gasteiger partial charge on any atom is 0.309 e. The maximum absolute atomic E-state index is 10.5. The second-order valence-electron chi connectivity index (χ2n) is 2.54. The highest BCUT2D eigenvalue weighted by Crippen LogP contribution is 2.12. The molecule has 0 N–H and O–H groups in total. The zero-order valence-electron chi connectivity index (χ0n) is 7.64. The summed E-state index contributed by atoms with van der Waals surface area (Å²) in [6.07, 6.45) is 2.64. The first kappa shape index (κ1) is 10.1. The van der Waals surface area contributed by atoms with Crippen molar-refractivity contribution in [2.24, 2.45) is 5.18 Å². The molecule has 4 nitrogen and oxygen atoms in total. The van der Waals surface area contributed by atoms with E-state index < -0.39 is 5.91 Å². The van der Waals surface area contributed by atoms with Gasteiger partial charge >= 0.3 is 5.91 Å². The number of hydrogen-bond acceptors (Lipinski definition) is 3. The summed E-state index contributed by atoms with van der Waals surface area (Å²) < 4.78 is 4.96. The molecule has 0 atom stereocenters. The average Bonchev–Trinajstić information content (AvgIpc) is 2.26. The summed E-state index contributed by atoms with van der Waals surface area (Å²) in [7, 11) is 1.57. The highest BCUT2D eigenvalue weighted by Gasteiger charge is 1.93. The van der Waals surface area contributed by atoms with Gasteiger partial charge in [0.2, 0.25) is 0 Å². The van der Waals surface area contributed by atoms with Gasteiger partial charge in [-0.2, -0.15) is 0 Å². The van der Waals surface area contributed by atoms with Crippen LogP contribution < -0.4 is 4.74 Å². The van der Waals surface area contributed by atoms with Gasteiger partial charge in [-0.3, -0.25) is 4.79 Å². The zero-order valence-corrected chi connectivity index (χ0v) is 7.64. The maximum atomic E-state index is 10.5. The van der Waals surface area contributed by atoms with E-state index in [-0.39, 0.29) is 0 Å². The SMILES string of the molecule is COc1ccc(/C=C/C(=O)N=O)cc1. The molecule has 0 unspecified atom stereocenters. The van der Waals surface area contributed by atoms with E-state index in [2.05, 4.69) is 5.18 Å². The Morgan fingerprint density at radius 3 is 2.50 bits per heavy atom. The Labute approximate surface area is 81.2 Å². The first-order chi connectivity index (χ1) is 6.76. The third-order valence-corrected chi connectivity index (χ3v) is 1.62. The molecule has 0 fully saturated rings. The molecule has 0 saturated carbocycles. The highest BCUT2D eigenvalue weighted by molar-refractivity contribution is 5.92. The monoisotopic (exact) mass is 191 g/mol. The van der Waals surface area contributed by atoms with Gasteiger partial charge in [0.25, 0.3) is 0 Å². The highest BCUT2D eigenvalue weighted by atomic mass is 16.5. The molecule has 0 aliphatic rings. The molecule has 0 saturated heterocycles. The zero-order chi connectivity index (χ0) is 10.4. The summed E-state index contributed by atoms with van der Waals surface area (Å²) in [4.78, 5) is 20.3. The van der Waals surface area contributed by atoms with Gasteiger partial charge in [0.15, 0.2) is 0 Å². The fraction of sp³-hybridized carbons (Fsp3) is 0.100. The Hall–Kier alpha value is -1.97. The lowest BCUT2D eigenvalue weighted by Crippen LogP contribution is -1.84. The third-order valence-electron chi connectivity index (χ3n) is 1.62. The van der Waals surface area contributed by atoms with Crippen molar-refractivity contribution >= 4 is 12.0 Å². The molecule has 0 radical (unpaired) electrons. The molecule has 0 bridgehead atoms. The molecule has 1 aromatic carbocycles. The van der Waals surface area contributed by atoms with Crippen molar-refractivity contribution in [3.63, 3.8) is 0 Å². The number of nitrogens with zero attached hydrogens (tertiary/aromatic N) is 1. The lowest BCUT2D eigenvalue weighted by Gasteiger charge is -1.98. The molecule has 0 spiro atoms. The molecule has 0 aromatic heterocycles. The number of carbonyl (C=O) groups is 1. The Kier molecular flexibility index (Phi) is 3.55. The van der Waals surface area contributed by atoms with Crippen LogP contribution in [0.5, 0.6) is 5.75 Å². The minimum absolute atomic E-state index is 0.738. The molecule has 4 heteroatoms. The average molecular weight is 191 g/mol. The summed E-state index contributed by atoms with van der Waals surface area (Å²) in [5.41, 5.74) is 0.808. The summed E-state index contributed by atoms with van der Waals surface area (Å²) in [5.74, 6) is -0.0530. The van der Waals surface area contributed by atoms with Gasteiger partial charge in [-0.1, -0.05) is 12.1 Å². The van der Waals surface area contributed by atoms with Crippen LogP contribution in [0.2, 0.25) is 0 Å². The van der Waals surface area contributed by atoms with Crippen molar-refractivity contribution in [2.75, 3.05) is 7.11 Å². The van der Waals surface area contributed by atoms with Gasteiger partial charge in [0, 0.05) is 11.3 Å². The van der Waals surface area contributed by atoms with Crippen molar-refractivity contribution < 1.29 is 9.53 Å². The van der Waals surface area contributed by atoms with E-state index in [1.165, 1.54) is 6.08 Å². The van der Waals surface area contributed by atoms with Gasteiger partial charge in [-0.15, -0.1) is 4.91 Å². The Balaban J connectivity index is 2.73. The topological polar surface area (TPSA) is 55.7 Å². The molecule has 1 aromatic rings. The predicted molar refractivity (Wildman–Crippen MR) is 52.8 cm³/mol. The molecular weight excluding hydrogens is 182 g/mol. The van der Waals surface area contributed by atoms with Crippen LogP contribution in [-0.4, -0.2) is 13.0 Å². The van der Waals surface area contributed by atoms with Crippen LogP contribution in [0.1, 0.15) is 5.56 Å². The van der Waals surface area contributed by atoms with E-state index in [4.69, 9.17) is 4.74 Å². The van der Waals surface area contributed by atoms with E-state index in [0.29, 0.717) is 0 Å². The van der Waals surface area contributed by atoms with E-state index in [1.54, 1.807) is 31.4 Å². The van der Waals surface area contributed by atoms with Crippen LogP contribution >= 0.6 is 0 Å². The number of amides is 1. The van der Waals surface area contributed by atoms with E-state index in [0.717, 1.165) is 17.4 Å². The van der Waals surface area contributed by atoms with E-state index >= 15 is 0 Å². The Morgan fingerprint density at radius 2 is 2.00 bits per heavy atom.